The van der Waals surface area contributed by atoms with Crippen molar-refractivity contribution in [2.24, 2.45) is 10.1 Å². The van der Waals surface area contributed by atoms with E-state index in [-0.39, 0.29) is 17.4 Å². The average molecular weight is 315 g/mol. The van der Waals surface area contributed by atoms with E-state index in [2.05, 4.69) is 22.2 Å². The molecule has 0 aromatic heterocycles. The van der Waals surface area contributed by atoms with Gasteiger partial charge < -0.3 is 15.3 Å². The molecule has 2 rings (SSSR count). The zero-order chi connectivity index (χ0) is 16.2. The lowest BCUT2D eigenvalue weighted by atomic mass is 10.1. The number of phenolic OH excluding ortho intramolecular Hbond substituents is 1. The quantitative estimate of drug-likeness (QED) is 0.510. The van der Waals surface area contributed by atoms with E-state index in [0.717, 1.165) is 31.5 Å². The Morgan fingerprint density at radius 1 is 1.45 bits per heavy atom. The lowest BCUT2D eigenvalue weighted by molar-refractivity contribution is -0.138. The first-order chi connectivity index (χ1) is 10.4. The van der Waals surface area contributed by atoms with E-state index in [1.54, 1.807) is 0 Å². The van der Waals surface area contributed by atoms with Gasteiger partial charge in [-0.15, -0.1) is 0 Å². The van der Waals surface area contributed by atoms with Crippen molar-refractivity contribution in [1.82, 2.24) is 5.32 Å². The molecule has 0 unspecified atom stereocenters. The summed E-state index contributed by atoms with van der Waals surface area (Å²) in [6, 6.07) is 3.16. The first-order valence-corrected chi connectivity index (χ1v) is 6.72. The first-order valence-electron chi connectivity index (χ1n) is 6.72. The van der Waals surface area contributed by atoms with Crippen molar-refractivity contribution in [2.45, 2.75) is 25.1 Å². The summed E-state index contributed by atoms with van der Waals surface area (Å²) in [6.07, 6.45) is -2.65. The van der Waals surface area contributed by atoms with Gasteiger partial charge in [0.15, 0.2) is 5.84 Å². The van der Waals surface area contributed by atoms with Crippen LogP contribution in [0.4, 0.5) is 13.2 Å². The molecule has 1 heterocycles. The van der Waals surface area contributed by atoms with Crippen molar-refractivity contribution >= 4 is 12.6 Å². The molecule has 0 bridgehead atoms. The van der Waals surface area contributed by atoms with Gasteiger partial charge in [0.1, 0.15) is 12.4 Å². The Labute approximate surface area is 125 Å². The van der Waals surface area contributed by atoms with E-state index >= 15 is 0 Å². The zero-order valence-corrected chi connectivity index (χ0v) is 11.7. The third-order valence-electron chi connectivity index (χ3n) is 3.30. The van der Waals surface area contributed by atoms with Gasteiger partial charge in [-0.2, -0.15) is 13.2 Å². The maximum Gasteiger partial charge on any atom is 0.419 e. The molecule has 8 heteroatoms. The largest absolute Gasteiger partial charge is 0.507 e. The Bertz CT molecular complexity index is 567. The van der Waals surface area contributed by atoms with Gasteiger partial charge in [-0.05, 0) is 44.3 Å². The fourth-order valence-electron chi connectivity index (χ4n) is 2.16. The second kappa shape index (κ2) is 6.78. The number of nitrogens with one attached hydrogen (secondary N) is 1. The molecule has 1 atom stereocenters. The van der Waals surface area contributed by atoms with Crippen LogP contribution in [0.25, 0.3) is 0 Å². The topological polar surface area (TPSA) is 66.2 Å². The van der Waals surface area contributed by atoms with Crippen molar-refractivity contribution in [3.05, 3.63) is 29.3 Å². The number of halogens is 3. The molecular weight excluding hydrogens is 299 g/mol. The van der Waals surface area contributed by atoms with Crippen molar-refractivity contribution in [2.75, 3.05) is 13.2 Å². The molecule has 1 saturated heterocycles. The van der Waals surface area contributed by atoms with Crippen LogP contribution in [0, 0.1) is 0 Å². The molecule has 0 saturated carbocycles. The molecule has 1 aliphatic heterocycles. The number of hydrogen-bond acceptors (Lipinski definition) is 4. The van der Waals surface area contributed by atoms with Crippen LogP contribution in [-0.4, -0.2) is 36.9 Å². The number of oxime groups is 1. The van der Waals surface area contributed by atoms with Crippen LogP contribution in [0.2, 0.25) is 0 Å². The van der Waals surface area contributed by atoms with Gasteiger partial charge in [0.05, 0.1) is 5.56 Å². The monoisotopic (exact) mass is 315 g/mol. The Kier molecular flexibility index (Phi) is 5.02. The summed E-state index contributed by atoms with van der Waals surface area (Å²) in [5.41, 5.74) is -1.08. The summed E-state index contributed by atoms with van der Waals surface area (Å²) in [5.74, 6) is -0.917. The lowest BCUT2D eigenvalue weighted by Gasteiger charge is -2.11. The van der Waals surface area contributed by atoms with Crippen LogP contribution in [0.5, 0.6) is 5.75 Å². The van der Waals surface area contributed by atoms with Gasteiger partial charge >= 0.3 is 6.18 Å². The van der Waals surface area contributed by atoms with E-state index in [1.165, 1.54) is 6.07 Å². The molecule has 5 nitrogen and oxygen atoms in total. The summed E-state index contributed by atoms with van der Waals surface area (Å²) >= 11 is 0. The Hall–Kier alpha value is -2.09. The minimum Gasteiger partial charge on any atom is -0.507 e. The molecule has 1 fully saturated rings. The second-order valence-corrected chi connectivity index (χ2v) is 4.89. The standard InChI is InChI=1S/C14H16F3N3O2/c1-18-13(20-22-8-10-3-2-6-19-10)9-4-5-12(21)11(7-9)14(15,16)17/h4-5,7,10,19,21H,1-3,6,8H2/b20-13-/t10-/m0/s1. The molecule has 2 N–H and O–H groups in total. The Balaban J connectivity index is 2.14. The number of benzene rings is 1. The first kappa shape index (κ1) is 16.3. The summed E-state index contributed by atoms with van der Waals surface area (Å²) < 4.78 is 38.3. The highest BCUT2D eigenvalue weighted by atomic mass is 19.4. The number of hydrogen-bond donors (Lipinski definition) is 2. The molecule has 0 radical (unpaired) electrons. The molecule has 0 amide bonds. The fraction of sp³-hybridized carbons (Fsp3) is 0.429. The highest BCUT2D eigenvalue weighted by Gasteiger charge is 2.34. The maximum absolute atomic E-state index is 12.8. The molecular formula is C14H16F3N3O2. The summed E-state index contributed by atoms with van der Waals surface area (Å²) in [4.78, 5) is 8.71. The van der Waals surface area contributed by atoms with E-state index in [0.29, 0.717) is 6.61 Å². The fourth-order valence-corrected chi connectivity index (χ4v) is 2.16. The zero-order valence-electron chi connectivity index (χ0n) is 11.7. The van der Waals surface area contributed by atoms with Crippen molar-refractivity contribution in [3.63, 3.8) is 0 Å². The van der Waals surface area contributed by atoms with Crippen LogP contribution in [0.3, 0.4) is 0 Å². The van der Waals surface area contributed by atoms with E-state index in [1.807, 2.05) is 0 Å². The van der Waals surface area contributed by atoms with Gasteiger partial charge in [0, 0.05) is 11.6 Å². The van der Waals surface area contributed by atoms with E-state index in [9.17, 15) is 18.3 Å². The van der Waals surface area contributed by atoms with Crippen LogP contribution < -0.4 is 5.32 Å². The van der Waals surface area contributed by atoms with Gasteiger partial charge in [0.25, 0.3) is 0 Å². The van der Waals surface area contributed by atoms with Crippen molar-refractivity contribution in [1.29, 1.82) is 0 Å². The van der Waals surface area contributed by atoms with E-state index in [4.69, 9.17) is 4.84 Å². The van der Waals surface area contributed by atoms with Gasteiger partial charge in [-0.1, -0.05) is 5.16 Å². The third kappa shape index (κ3) is 3.97. The summed E-state index contributed by atoms with van der Waals surface area (Å²) in [7, 11) is 0. The number of rotatable bonds is 4. The number of phenols is 1. The highest BCUT2D eigenvalue weighted by Crippen LogP contribution is 2.36. The van der Waals surface area contributed by atoms with Gasteiger partial charge in [0.2, 0.25) is 0 Å². The molecule has 0 spiro atoms. The number of aliphatic imine (C=N–C) groups is 1. The number of alkyl halides is 3. The SMILES string of the molecule is C=N/C(=N\OC[C@@H]1CCCN1)c1ccc(O)c(C(F)(F)F)c1. The van der Waals surface area contributed by atoms with Gasteiger partial charge in [-0.25, -0.2) is 4.99 Å². The molecule has 0 aliphatic carbocycles. The number of nitrogens with zero attached hydrogens (tertiary/aromatic N) is 2. The predicted octanol–water partition coefficient (Wildman–Crippen LogP) is 2.54. The highest BCUT2D eigenvalue weighted by molar-refractivity contribution is 6.01. The number of aromatic hydroxyl groups is 1. The van der Waals surface area contributed by atoms with Crippen LogP contribution in [-0.2, 0) is 11.0 Å². The molecule has 120 valence electrons. The number of amidine groups is 1. The van der Waals surface area contributed by atoms with Crippen molar-refractivity contribution < 1.29 is 23.1 Å². The predicted molar refractivity (Wildman–Crippen MR) is 76.2 cm³/mol. The van der Waals surface area contributed by atoms with Crippen LogP contribution in [0.15, 0.2) is 28.3 Å². The Morgan fingerprint density at radius 2 is 2.23 bits per heavy atom. The summed E-state index contributed by atoms with van der Waals surface area (Å²) in [6.45, 7) is 4.50. The molecule has 1 aromatic rings. The lowest BCUT2D eigenvalue weighted by Crippen LogP contribution is -2.26. The molecule has 1 aromatic carbocycles. The maximum atomic E-state index is 12.8. The third-order valence-corrected chi connectivity index (χ3v) is 3.30. The van der Waals surface area contributed by atoms with Crippen LogP contribution >= 0.6 is 0 Å². The van der Waals surface area contributed by atoms with Crippen molar-refractivity contribution in [3.8, 4) is 5.75 Å². The summed E-state index contributed by atoms with van der Waals surface area (Å²) in [5, 5.41) is 16.2. The molecule has 1 aliphatic rings. The van der Waals surface area contributed by atoms with Crippen LogP contribution in [0.1, 0.15) is 24.0 Å². The van der Waals surface area contributed by atoms with E-state index < -0.39 is 17.5 Å². The van der Waals surface area contributed by atoms with Gasteiger partial charge in [-0.3, -0.25) is 0 Å². The smallest absolute Gasteiger partial charge is 0.419 e. The minimum atomic E-state index is -4.67. The Morgan fingerprint density at radius 3 is 2.82 bits per heavy atom. The second-order valence-electron chi connectivity index (χ2n) is 4.89. The average Bonchev–Trinajstić information content (AvgIpc) is 2.96. The normalized spacial score (nSPS) is 19.2. The minimum absolute atomic E-state index is 0.0662. The molecule has 22 heavy (non-hydrogen) atoms.